The molecule has 8 nitrogen and oxygen atoms in total. The maximum atomic E-state index is 11.3. The molecule has 0 radical (unpaired) electrons. The van der Waals surface area contributed by atoms with Crippen LogP contribution in [0.25, 0.3) is 0 Å². The molecule has 9 heteroatoms. The van der Waals surface area contributed by atoms with Crippen LogP contribution in [0.2, 0.25) is 0 Å². The summed E-state index contributed by atoms with van der Waals surface area (Å²) in [4.78, 5) is 15.3. The number of hydrogen-bond donors (Lipinski definition) is 3. The summed E-state index contributed by atoms with van der Waals surface area (Å²) < 4.78 is 16.1. The molecule has 0 aliphatic heterocycles. The fourth-order valence-electron chi connectivity index (χ4n) is 3.10. The van der Waals surface area contributed by atoms with E-state index >= 15 is 0 Å². The van der Waals surface area contributed by atoms with Crippen LogP contribution in [-0.2, 0) is 18.0 Å². The Kier molecular flexibility index (Phi) is 11.4. The number of nitrogens with one attached hydrogen (secondary N) is 2. The van der Waals surface area contributed by atoms with Crippen molar-refractivity contribution in [3.8, 4) is 11.5 Å². The predicted octanol–water partition coefficient (Wildman–Crippen LogP) is 5.95. The molecule has 0 fully saturated rings. The molecule has 4 rings (SSSR count). The summed E-state index contributed by atoms with van der Waals surface area (Å²) in [6, 6.07) is 30.8. The van der Waals surface area contributed by atoms with Crippen molar-refractivity contribution in [1.82, 2.24) is 10.3 Å². The van der Waals surface area contributed by atoms with E-state index in [1.54, 1.807) is 19.2 Å². The summed E-state index contributed by atoms with van der Waals surface area (Å²) in [6.07, 6.45) is 1.05. The predicted molar refractivity (Wildman–Crippen MR) is 153 cm³/mol. The average molecular weight is 531 g/mol. The molecule has 0 aliphatic carbocycles. The number of carbonyl (C=O) groups excluding carboxylic acids is 1. The summed E-state index contributed by atoms with van der Waals surface area (Å²) >= 11 is 5.09. The van der Waals surface area contributed by atoms with E-state index in [0.29, 0.717) is 36.2 Å². The van der Waals surface area contributed by atoms with E-state index < -0.39 is 6.09 Å². The number of carbonyl (C=O) groups is 1. The van der Waals surface area contributed by atoms with Crippen molar-refractivity contribution in [2.24, 2.45) is 0 Å². The van der Waals surface area contributed by atoms with Gasteiger partial charge in [-0.05, 0) is 54.5 Å². The summed E-state index contributed by atoms with van der Waals surface area (Å²) in [5, 5.41) is 5.52. The maximum Gasteiger partial charge on any atom is 0.413 e. The van der Waals surface area contributed by atoms with Crippen LogP contribution in [0, 0.1) is 0 Å². The van der Waals surface area contributed by atoms with Crippen molar-refractivity contribution in [3.63, 3.8) is 0 Å². The molecular formula is C29H30N4O4S. The first-order valence-electron chi connectivity index (χ1n) is 11.9. The molecule has 3 aromatic carbocycles. The first-order chi connectivity index (χ1) is 18.5. The fraction of sp³-hybridized carbons (Fsp3) is 0.138. The highest BCUT2D eigenvalue weighted by atomic mass is 32.1. The number of hydrogen-bond acceptors (Lipinski definition) is 7. The summed E-state index contributed by atoms with van der Waals surface area (Å²) in [5.41, 5.74) is 8.50. The fourth-order valence-corrected chi connectivity index (χ4v) is 3.30. The molecule has 0 saturated heterocycles. The van der Waals surface area contributed by atoms with Gasteiger partial charge >= 0.3 is 6.09 Å². The maximum absolute atomic E-state index is 11.3. The quantitative estimate of drug-likeness (QED) is 0.240. The molecule has 4 N–H and O–H groups in total. The van der Waals surface area contributed by atoms with Crippen LogP contribution in [0.1, 0.15) is 18.1 Å². The van der Waals surface area contributed by atoms with Crippen LogP contribution in [0.15, 0.2) is 103 Å². The van der Waals surface area contributed by atoms with Gasteiger partial charge in [-0.2, -0.15) is 0 Å². The van der Waals surface area contributed by atoms with Gasteiger partial charge in [-0.1, -0.05) is 72.8 Å². The molecule has 0 atom stereocenters. The zero-order valence-corrected chi connectivity index (χ0v) is 21.8. The number of ether oxygens (including phenoxy) is 3. The number of nitrogens with zero attached hydrogens (tertiary/aromatic N) is 1. The number of thiocarbonyl (C=S) groups is 1. The molecule has 196 valence electrons. The second kappa shape index (κ2) is 15.5. The Balaban J connectivity index is 0.000000230. The monoisotopic (exact) mass is 530 g/mol. The van der Waals surface area contributed by atoms with E-state index in [2.05, 4.69) is 15.6 Å². The number of anilines is 2. The van der Waals surface area contributed by atoms with Gasteiger partial charge in [0.1, 0.15) is 19.0 Å². The smallest absolute Gasteiger partial charge is 0.413 e. The molecule has 1 heterocycles. The van der Waals surface area contributed by atoms with Gasteiger partial charge < -0.3 is 25.3 Å². The Bertz CT molecular complexity index is 1290. The van der Waals surface area contributed by atoms with E-state index in [0.717, 1.165) is 11.1 Å². The topological polar surface area (TPSA) is 108 Å². The summed E-state index contributed by atoms with van der Waals surface area (Å²) in [5.74, 6) is 1.69. The van der Waals surface area contributed by atoms with Crippen LogP contribution in [-0.4, -0.2) is 22.8 Å². The number of aromatic nitrogens is 1. The first-order valence-corrected chi connectivity index (χ1v) is 12.3. The van der Waals surface area contributed by atoms with Crippen LogP contribution < -0.4 is 25.8 Å². The molecule has 0 aliphatic rings. The van der Waals surface area contributed by atoms with Gasteiger partial charge in [0, 0.05) is 6.20 Å². The van der Waals surface area contributed by atoms with Gasteiger partial charge in [-0.15, -0.1) is 0 Å². The third-order valence-electron chi connectivity index (χ3n) is 4.90. The average Bonchev–Trinajstić information content (AvgIpc) is 2.94. The molecule has 4 aromatic rings. The lowest BCUT2D eigenvalue weighted by Crippen LogP contribution is -2.34. The number of para-hydroxylation sites is 2. The summed E-state index contributed by atoms with van der Waals surface area (Å²) in [7, 11) is 0. The highest BCUT2D eigenvalue weighted by Gasteiger charge is 2.08. The number of nitrogen functional groups attached to an aromatic ring is 1. The molecule has 0 unspecified atom stereocenters. The van der Waals surface area contributed by atoms with Crippen molar-refractivity contribution >= 4 is 34.9 Å². The van der Waals surface area contributed by atoms with Gasteiger partial charge in [0.25, 0.3) is 0 Å². The lowest BCUT2D eigenvalue weighted by molar-refractivity contribution is 0.158. The van der Waals surface area contributed by atoms with Crippen molar-refractivity contribution in [2.75, 3.05) is 17.7 Å². The zero-order valence-electron chi connectivity index (χ0n) is 21.0. The van der Waals surface area contributed by atoms with E-state index in [1.165, 1.54) is 0 Å². The Morgan fingerprint density at radius 2 is 1.37 bits per heavy atom. The highest BCUT2D eigenvalue weighted by Crippen LogP contribution is 2.24. The van der Waals surface area contributed by atoms with E-state index in [9.17, 15) is 4.79 Å². The van der Waals surface area contributed by atoms with Gasteiger partial charge in [0.15, 0.2) is 16.7 Å². The Morgan fingerprint density at radius 1 is 0.816 bits per heavy atom. The van der Waals surface area contributed by atoms with Gasteiger partial charge in [-0.3, -0.25) is 5.32 Å². The second-order valence-electron chi connectivity index (χ2n) is 7.73. The molecular weight excluding hydrogens is 500 g/mol. The summed E-state index contributed by atoms with van der Waals surface area (Å²) in [6.45, 7) is 2.96. The van der Waals surface area contributed by atoms with Gasteiger partial charge in [0.2, 0.25) is 0 Å². The zero-order chi connectivity index (χ0) is 27.0. The minimum atomic E-state index is -0.590. The van der Waals surface area contributed by atoms with Crippen molar-refractivity contribution in [1.29, 1.82) is 0 Å². The molecule has 1 amide bonds. The lowest BCUT2D eigenvalue weighted by atomic mass is 10.2. The third-order valence-corrected chi connectivity index (χ3v) is 5.10. The molecule has 0 saturated carbocycles. The lowest BCUT2D eigenvalue weighted by Gasteiger charge is -2.14. The normalized spacial score (nSPS) is 9.82. The molecule has 38 heavy (non-hydrogen) atoms. The van der Waals surface area contributed by atoms with Crippen LogP contribution in [0.5, 0.6) is 11.5 Å². The molecule has 1 aromatic heterocycles. The number of alkyl carbamates (subject to hydrolysis) is 1. The minimum absolute atomic E-state index is 0.152. The Morgan fingerprint density at radius 3 is 1.97 bits per heavy atom. The Labute approximate surface area is 227 Å². The second-order valence-corrected chi connectivity index (χ2v) is 8.14. The number of nitrogens with two attached hydrogens (primary N) is 1. The third kappa shape index (κ3) is 9.79. The minimum Gasteiger partial charge on any atom is -0.487 e. The van der Waals surface area contributed by atoms with Crippen molar-refractivity contribution in [2.45, 2.75) is 20.1 Å². The first kappa shape index (κ1) is 27.9. The van der Waals surface area contributed by atoms with Crippen LogP contribution in [0.3, 0.4) is 0 Å². The Hall–Kier alpha value is -4.63. The number of pyridine rings is 1. The number of rotatable bonds is 8. The SMILES string of the molecule is CCOC(=O)NC(=S)Nc1ccccc1OCc1ccccc1.Nc1ncccc1OCc1ccccc1. The van der Waals surface area contributed by atoms with E-state index in [-0.39, 0.29) is 11.7 Å². The van der Waals surface area contributed by atoms with Crippen LogP contribution >= 0.6 is 12.2 Å². The standard InChI is InChI=1S/C17H18N2O3S.C12H12N2O/c1-2-21-17(20)19-16(23)18-14-10-6-7-11-15(14)22-12-13-8-4-3-5-9-13;13-12-11(7-4-8-14-12)15-9-10-5-2-1-3-6-10/h3-11H,2,12H2,1H3,(H2,18,19,20,23);1-8H,9H2,(H2,13,14). The molecule has 0 bridgehead atoms. The van der Waals surface area contributed by atoms with Crippen molar-refractivity contribution in [3.05, 3.63) is 114 Å². The van der Waals surface area contributed by atoms with Gasteiger partial charge in [-0.25, -0.2) is 9.78 Å². The van der Waals surface area contributed by atoms with Gasteiger partial charge in [0.05, 0.1) is 12.3 Å². The highest BCUT2D eigenvalue weighted by molar-refractivity contribution is 7.80. The largest absolute Gasteiger partial charge is 0.487 e. The van der Waals surface area contributed by atoms with E-state index in [1.807, 2.05) is 91.0 Å². The molecule has 0 spiro atoms. The van der Waals surface area contributed by atoms with E-state index in [4.69, 9.17) is 32.2 Å². The van der Waals surface area contributed by atoms with Crippen LogP contribution in [0.4, 0.5) is 16.3 Å². The number of benzene rings is 3. The van der Waals surface area contributed by atoms with Crippen molar-refractivity contribution < 1.29 is 19.0 Å². The number of amides is 1.